The highest BCUT2D eigenvalue weighted by atomic mass is 32.2. The molecular weight excluding hydrogens is 1040 g/mol. The largest absolute Gasteiger partial charge is 0.468 e. The van der Waals surface area contributed by atoms with Crippen molar-refractivity contribution in [1.82, 2.24) is 23.4 Å². The Morgan fingerprint density at radius 2 is 1.46 bits per heavy atom. The van der Waals surface area contributed by atoms with Gasteiger partial charge in [0, 0.05) is 43.0 Å². The van der Waals surface area contributed by atoms with E-state index < -0.39 is 123 Å². The Balaban J connectivity index is 1.28. The van der Waals surface area contributed by atoms with Crippen LogP contribution in [0.3, 0.4) is 0 Å². The average molecular weight is 1110 g/mol. The lowest BCUT2D eigenvalue weighted by Gasteiger charge is -2.43. The summed E-state index contributed by atoms with van der Waals surface area (Å²) in [4.78, 5) is 68.6. The number of esters is 1. The van der Waals surface area contributed by atoms with Crippen LogP contribution >= 0.6 is 7.75 Å². The van der Waals surface area contributed by atoms with Crippen molar-refractivity contribution < 1.29 is 59.2 Å². The predicted octanol–water partition coefficient (Wildman–Crippen LogP) is 4.25. The minimum atomic E-state index is -4.38. The number of nitrogens with zero attached hydrogens (tertiary/aromatic N) is 4. The van der Waals surface area contributed by atoms with E-state index in [-0.39, 0.29) is 60.1 Å². The fraction of sp³-hybridized carbons (Fsp3) is 0.638. The van der Waals surface area contributed by atoms with Crippen LogP contribution in [0.2, 0.25) is 36.3 Å². The molecule has 0 bridgehead atoms. The molecule has 5 heterocycles. The maximum Gasteiger partial charge on any atom is 0.459 e. The molecule has 0 aliphatic carbocycles. The summed E-state index contributed by atoms with van der Waals surface area (Å²) < 4.78 is 93.2. The number of aromatic nitrogens is 4. The molecule has 2 fully saturated rings. The number of hydrogen-bond donors (Lipinski definition) is 3. The van der Waals surface area contributed by atoms with Gasteiger partial charge in [-0.2, -0.15) is 13.5 Å². The lowest BCUT2D eigenvalue weighted by Crippen LogP contribution is -2.59. The van der Waals surface area contributed by atoms with E-state index in [1.807, 2.05) is 67.7 Å². The number of hydrogen-bond acceptors (Lipinski definition) is 18. The van der Waals surface area contributed by atoms with Crippen molar-refractivity contribution in [2.24, 2.45) is 5.73 Å². The SMILES string of the molecule is COC(=O)C(C)NP(=O)(OC[C@H]1O[C@@H](n2cc(C)c(=O)n(CCCn3c(=O)c(C)cn([C@@H]4OC(CO[Si](C)(C)C(C)(C)C)C5(OS(=O)(=O)C=C5N)[C@H]4O[Si](C)(C)C(C)(C)C)c3=O)c2=O)C[C@@H]1O)Oc1ccccc1. The van der Waals surface area contributed by atoms with Crippen LogP contribution < -0.4 is 37.8 Å². The number of carbonyl (C=O) groups excluding carboxylic acids is 1. The summed E-state index contributed by atoms with van der Waals surface area (Å²) in [5, 5.41) is 13.8. The van der Waals surface area contributed by atoms with Crippen molar-refractivity contribution in [1.29, 1.82) is 0 Å². The van der Waals surface area contributed by atoms with Gasteiger partial charge in [-0.3, -0.25) is 37.2 Å². The molecule has 3 aromatic rings. The minimum absolute atomic E-state index is 0.0884. The van der Waals surface area contributed by atoms with Crippen molar-refractivity contribution in [2.45, 2.75) is 173 Å². The van der Waals surface area contributed by atoms with Gasteiger partial charge in [-0.1, -0.05) is 59.7 Å². The number of nitrogens with one attached hydrogen (secondary N) is 1. The van der Waals surface area contributed by atoms with Crippen molar-refractivity contribution in [3.05, 3.63) is 107 Å². The molecule has 2 aromatic heterocycles. The maximum absolute atomic E-state index is 14.8. The van der Waals surface area contributed by atoms with Crippen LogP contribution in [-0.4, -0.2) is 111 Å². The third-order valence-electron chi connectivity index (χ3n) is 14.6. The first-order valence-corrected chi connectivity index (χ1v) is 33.2. The Hall–Kier alpha value is -4.32. The zero-order chi connectivity index (χ0) is 55.3. The number of aryl methyl sites for hydroxylation is 2. The number of ether oxygens (including phenoxy) is 3. The van der Waals surface area contributed by atoms with Crippen LogP contribution in [0, 0.1) is 13.8 Å². The molecule has 4 unspecified atom stereocenters. The standard InChI is InChI=1S/C47H73N6O17PSSi2/c1-29-24-52(37-23-33(54)34(66-37)26-64-71(60,49-31(3)42(57)63-10)68-32-19-16-15-17-20-32)43(58)50(39(29)55)21-18-22-51-40(56)30(2)25-53(44(51)59)41-38(69-74(13,14)46(7,8)9)47(35(48)28-72(61,62)70-47)36(67-41)27-65-73(11,12)45(4,5)6/h15-17,19-20,24-25,28,31,33-34,36-38,41,54H,18,21-23,26-27,48H2,1-14H3,(H,49,60)/t31?,33-,34+,36?,37+,38-,41+,47?,71?/m0/s1. The van der Waals surface area contributed by atoms with E-state index in [2.05, 4.69) is 5.09 Å². The molecule has 6 rings (SSSR count). The average Bonchev–Trinajstić information content (AvgIpc) is 3.90. The molecule has 3 aliphatic heterocycles. The predicted molar refractivity (Wildman–Crippen MR) is 278 cm³/mol. The number of rotatable bonds is 19. The first kappa shape index (κ1) is 58.9. The number of aliphatic hydroxyl groups excluding tert-OH is 1. The molecule has 27 heteroatoms. The van der Waals surface area contributed by atoms with E-state index in [1.54, 1.807) is 18.2 Å². The van der Waals surface area contributed by atoms with Crippen LogP contribution in [-0.2, 0) is 64.3 Å². The van der Waals surface area contributed by atoms with E-state index in [0.29, 0.717) is 0 Å². The highest BCUT2D eigenvalue weighted by Crippen LogP contribution is 2.52. The molecule has 3 aliphatic rings. The molecule has 4 N–H and O–H groups in total. The van der Waals surface area contributed by atoms with Gasteiger partial charge in [0.15, 0.2) is 28.5 Å². The summed E-state index contributed by atoms with van der Waals surface area (Å²) in [6.45, 7) is 23.2. The van der Waals surface area contributed by atoms with Crippen LogP contribution in [0.4, 0.5) is 0 Å². The number of carbonyl (C=O) groups is 1. The highest BCUT2D eigenvalue weighted by molar-refractivity contribution is 7.90. The lowest BCUT2D eigenvalue weighted by atomic mass is 9.89. The second-order valence-corrected chi connectivity index (χ2v) is 34.8. The lowest BCUT2D eigenvalue weighted by molar-refractivity contribution is -0.142. The molecule has 1 aromatic carbocycles. The minimum Gasteiger partial charge on any atom is -0.468 e. The second kappa shape index (κ2) is 21.6. The Kier molecular flexibility index (Phi) is 17.2. The van der Waals surface area contributed by atoms with E-state index in [9.17, 15) is 42.1 Å². The van der Waals surface area contributed by atoms with Crippen molar-refractivity contribution in [3.63, 3.8) is 0 Å². The molecule has 0 radical (unpaired) electrons. The fourth-order valence-electron chi connectivity index (χ4n) is 8.28. The Morgan fingerprint density at radius 1 is 0.905 bits per heavy atom. The zero-order valence-corrected chi connectivity index (χ0v) is 48.3. The van der Waals surface area contributed by atoms with Crippen LogP contribution in [0.5, 0.6) is 5.75 Å². The van der Waals surface area contributed by atoms with Gasteiger partial charge in [0.1, 0.15) is 36.3 Å². The summed E-state index contributed by atoms with van der Waals surface area (Å²) in [5.41, 5.74) is 1.74. The number of nitrogens with two attached hydrogens (primary N) is 1. The molecule has 9 atom stereocenters. The summed E-state index contributed by atoms with van der Waals surface area (Å²) in [6, 6.07) is 6.91. The Bertz CT molecular complexity index is 3020. The van der Waals surface area contributed by atoms with Gasteiger partial charge in [-0.15, -0.1) is 0 Å². The van der Waals surface area contributed by atoms with Crippen molar-refractivity contribution in [3.8, 4) is 5.75 Å². The van der Waals surface area contributed by atoms with Crippen molar-refractivity contribution in [2.75, 3.05) is 20.3 Å². The van der Waals surface area contributed by atoms with Crippen LogP contribution in [0.25, 0.3) is 0 Å². The number of para-hydroxylation sites is 1. The summed E-state index contributed by atoms with van der Waals surface area (Å²) in [7, 11) is -13.0. The summed E-state index contributed by atoms with van der Waals surface area (Å²) >= 11 is 0. The molecule has 412 valence electrons. The number of benzene rings is 1. The van der Waals surface area contributed by atoms with E-state index in [0.717, 1.165) is 26.2 Å². The monoisotopic (exact) mass is 1110 g/mol. The first-order valence-electron chi connectivity index (χ1n) is 24.3. The summed E-state index contributed by atoms with van der Waals surface area (Å²) in [6.07, 6.45) is -5.14. The molecule has 1 spiro atoms. The van der Waals surface area contributed by atoms with E-state index >= 15 is 0 Å². The quantitative estimate of drug-likeness (QED) is 0.0654. The Morgan fingerprint density at radius 3 is 1.99 bits per heavy atom. The van der Waals surface area contributed by atoms with Crippen LogP contribution in [0.1, 0.15) is 84.9 Å². The van der Waals surface area contributed by atoms with Gasteiger partial charge in [-0.25, -0.2) is 18.3 Å². The molecule has 23 nitrogen and oxygen atoms in total. The smallest absolute Gasteiger partial charge is 0.459 e. The topological polar surface area (TPSA) is 288 Å². The zero-order valence-electron chi connectivity index (χ0n) is 44.6. The number of aliphatic hydroxyl groups is 1. The van der Waals surface area contributed by atoms with Gasteiger partial charge in [0.2, 0.25) is 0 Å². The fourth-order valence-corrected chi connectivity index (χ4v) is 13.3. The third-order valence-corrected chi connectivity index (χ3v) is 26.3. The van der Waals surface area contributed by atoms with Gasteiger partial charge in [0.05, 0.1) is 37.5 Å². The second-order valence-electron chi connectivity index (χ2n) is 22.1. The van der Waals surface area contributed by atoms with Gasteiger partial charge in [0.25, 0.3) is 21.2 Å². The maximum atomic E-state index is 14.8. The summed E-state index contributed by atoms with van der Waals surface area (Å²) in [5.74, 6) is -0.590. The van der Waals surface area contributed by atoms with Gasteiger partial charge < -0.3 is 38.4 Å². The van der Waals surface area contributed by atoms with Crippen molar-refractivity contribution >= 4 is 40.5 Å². The third kappa shape index (κ3) is 12.1. The molecular formula is C47H73N6O17PSSi2. The molecule has 0 saturated carbocycles. The van der Waals surface area contributed by atoms with E-state index in [4.69, 9.17) is 42.0 Å². The highest BCUT2D eigenvalue weighted by Gasteiger charge is 2.67. The van der Waals surface area contributed by atoms with Crippen LogP contribution in [0.15, 0.2) is 73.0 Å². The molecule has 74 heavy (non-hydrogen) atoms. The van der Waals surface area contributed by atoms with E-state index in [1.165, 1.54) is 49.9 Å². The first-order chi connectivity index (χ1) is 34.1. The molecule has 2 saturated heterocycles. The number of methoxy groups -OCH3 is 1. The Labute approximate surface area is 432 Å². The normalized spacial score (nSPS) is 25.5. The van der Waals surface area contributed by atoms with Gasteiger partial charge in [-0.05, 0) is 75.6 Å². The molecule has 0 amide bonds. The van der Waals surface area contributed by atoms with Gasteiger partial charge >= 0.3 is 25.1 Å².